The zero-order valence-electron chi connectivity index (χ0n) is 13.0. The molecule has 0 amide bonds. The first-order valence-corrected chi connectivity index (χ1v) is 8.23. The molecule has 1 aromatic heterocycles. The van der Waals surface area contributed by atoms with Gasteiger partial charge in [0.05, 0.1) is 9.26 Å². The molecule has 1 aromatic rings. The number of halogens is 1. The molecule has 2 rings (SSSR count). The van der Waals surface area contributed by atoms with Crippen LogP contribution in [0.25, 0.3) is 0 Å². The van der Waals surface area contributed by atoms with Gasteiger partial charge in [-0.1, -0.05) is 20.8 Å². The van der Waals surface area contributed by atoms with Gasteiger partial charge in [0, 0.05) is 19.6 Å². The number of nitrogens with one attached hydrogen (secondary N) is 1. The van der Waals surface area contributed by atoms with E-state index in [2.05, 4.69) is 48.7 Å². The average molecular weight is 389 g/mol. The lowest BCUT2D eigenvalue weighted by Gasteiger charge is -2.29. The monoisotopic (exact) mass is 389 g/mol. The first-order chi connectivity index (χ1) is 9.34. The summed E-state index contributed by atoms with van der Waals surface area (Å²) in [6, 6.07) is 0. The van der Waals surface area contributed by atoms with Gasteiger partial charge in [-0.25, -0.2) is 9.97 Å². The standard InChI is InChI=1S/C15H24IN3O/c1-14(2,3)11-10(16)12(17-4)19-13(18-11)15(20-5)8-6-7-9-15/h6-9H2,1-5H3,(H,17,18,19). The van der Waals surface area contributed by atoms with Crippen molar-refractivity contribution in [2.24, 2.45) is 0 Å². The van der Waals surface area contributed by atoms with Crippen molar-refractivity contribution in [1.29, 1.82) is 0 Å². The van der Waals surface area contributed by atoms with Gasteiger partial charge >= 0.3 is 0 Å². The second-order valence-corrected chi connectivity index (χ2v) is 7.54. The minimum atomic E-state index is -0.296. The highest BCUT2D eigenvalue weighted by Crippen LogP contribution is 2.41. The van der Waals surface area contributed by atoms with Gasteiger partial charge in [-0.3, -0.25) is 0 Å². The third kappa shape index (κ3) is 2.79. The van der Waals surface area contributed by atoms with E-state index in [1.165, 1.54) is 12.8 Å². The van der Waals surface area contributed by atoms with Crippen LogP contribution < -0.4 is 5.32 Å². The number of aromatic nitrogens is 2. The molecule has 0 saturated heterocycles. The predicted octanol–water partition coefficient (Wildman–Crippen LogP) is 3.84. The maximum atomic E-state index is 5.84. The van der Waals surface area contributed by atoms with E-state index in [9.17, 15) is 0 Å². The van der Waals surface area contributed by atoms with Crippen LogP contribution in [0, 0.1) is 3.57 Å². The van der Waals surface area contributed by atoms with Gasteiger partial charge < -0.3 is 10.1 Å². The van der Waals surface area contributed by atoms with Crippen molar-refractivity contribution in [1.82, 2.24) is 9.97 Å². The molecule has 0 radical (unpaired) electrons. The summed E-state index contributed by atoms with van der Waals surface area (Å²) in [5, 5.41) is 3.20. The van der Waals surface area contributed by atoms with E-state index >= 15 is 0 Å². The van der Waals surface area contributed by atoms with Gasteiger partial charge in [0.15, 0.2) is 5.82 Å². The summed E-state index contributed by atoms with van der Waals surface area (Å²) < 4.78 is 6.94. The second-order valence-electron chi connectivity index (χ2n) is 6.46. The molecule has 112 valence electrons. The molecular weight excluding hydrogens is 365 g/mol. The summed E-state index contributed by atoms with van der Waals surface area (Å²) in [7, 11) is 3.69. The molecular formula is C15H24IN3O. The van der Waals surface area contributed by atoms with Crippen molar-refractivity contribution in [2.75, 3.05) is 19.5 Å². The van der Waals surface area contributed by atoms with Crippen molar-refractivity contribution >= 4 is 28.4 Å². The lowest BCUT2D eigenvalue weighted by molar-refractivity contribution is -0.0165. The summed E-state index contributed by atoms with van der Waals surface area (Å²) in [4.78, 5) is 9.63. The number of anilines is 1. The van der Waals surface area contributed by atoms with Crippen LogP contribution in [-0.4, -0.2) is 24.1 Å². The predicted molar refractivity (Wildman–Crippen MR) is 90.2 cm³/mol. The van der Waals surface area contributed by atoms with E-state index in [1.807, 2.05) is 7.05 Å². The molecule has 5 heteroatoms. The number of rotatable bonds is 3. The number of hydrogen-bond donors (Lipinski definition) is 1. The van der Waals surface area contributed by atoms with Gasteiger partial charge in [-0.2, -0.15) is 0 Å². The minimum Gasteiger partial charge on any atom is -0.372 e. The van der Waals surface area contributed by atoms with Crippen LogP contribution in [0.3, 0.4) is 0 Å². The molecule has 1 fully saturated rings. The van der Waals surface area contributed by atoms with Crippen LogP contribution in [0.5, 0.6) is 0 Å². The number of methoxy groups -OCH3 is 1. The molecule has 0 spiro atoms. The molecule has 1 aliphatic rings. The Labute approximate surface area is 135 Å². The Morgan fingerprint density at radius 2 is 1.80 bits per heavy atom. The molecule has 1 aliphatic carbocycles. The zero-order chi connectivity index (χ0) is 15.0. The average Bonchev–Trinajstić information content (AvgIpc) is 2.87. The van der Waals surface area contributed by atoms with E-state index < -0.39 is 0 Å². The maximum absolute atomic E-state index is 5.84. The van der Waals surface area contributed by atoms with Crippen LogP contribution in [0.15, 0.2) is 0 Å². The summed E-state index contributed by atoms with van der Waals surface area (Å²) in [5.74, 6) is 1.75. The first-order valence-electron chi connectivity index (χ1n) is 7.15. The second kappa shape index (κ2) is 5.75. The quantitative estimate of drug-likeness (QED) is 0.799. The van der Waals surface area contributed by atoms with Crippen LogP contribution >= 0.6 is 22.6 Å². The van der Waals surface area contributed by atoms with Crippen molar-refractivity contribution in [3.05, 3.63) is 15.1 Å². The lowest BCUT2D eigenvalue weighted by atomic mass is 9.91. The Kier molecular flexibility index (Phi) is 4.59. The van der Waals surface area contributed by atoms with Crippen LogP contribution in [0.2, 0.25) is 0 Å². The highest BCUT2D eigenvalue weighted by molar-refractivity contribution is 14.1. The Bertz CT molecular complexity index is 491. The lowest BCUT2D eigenvalue weighted by Crippen LogP contribution is -2.30. The van der Waals surface area contributed by atoms with Gasteiger partial charge in [0.1, 0.15) is 11.4 Å². The van der Waals surface area contributed by atoms with Gasteiger partial charge in [-0.05, 0) is 48.3 Å². The highest BCUT2D eigenvalue weighted by Gasteiger charge is 2.40. The summed E-state index contributed by atoms with van der Waals surface area (Å²) in [6.45, 7) is 6.57. The molecule has 0 atom stereocenters. The van der Waals surface area contributed by atoms with Crippen molar-refractivity contribution in [3.8, 4) is 0 Å². The van der Waals surface area contributed by atoms with E-state index in [0.717, 1.165) is 33.7 Å². The number of hydrogen-bond acceptors (Lipinski definition) is 4. The molecule has 0 unspecified atom stereocenters. The fourth-order valence-electron chi connectivity index (χ4n) is 2.78. The third-order valence-electron chi connectivity index (χ3n) is 4.01. The molecule has 1 saturated carbocycles. The largest absolute Gasteiger partial charge is 0.372 e. The molecule has 1 heterocycles. The van der Waals surface area contributed by atoms with Crippen molar-refractivity contribution in [2.45, 2.75) is 57.5 Å². The fraction of sp³-hybridized carbons (Fsp3) is 0.733. The Hall–Kier alpha value is -0.430. The molecule has 0 aliphatic heterocycles. The third-order valence-corrected chi connectivity index (χ3v) is 5.03. The number of ether oxygens (including phenoxy) is 1. The molecule has 0 bridgehead atoms. The van der Waals surface area contributed by atoms with Gasteiger partial charge in [0.25, 0.3) is 0 Å². The van der Waals surface area contributed by atoms with E-state index in [4.69, 9.17) is 14.7 Å². The fourth-order valence-corrected chi connectivity index (χ4v) is 4.10. The van der Waals surface area contributed by atoms with Gasteiger partial charge in [-0.15, -0.1) is 0 Å². The summed E-state index contributed by atoms with van der Waals surface area (Å²) in [6.07, 6.45) is 4.39. The van der Waals surface area contributed by atoms with Crippen LogP contribution in [-0.2, 0) is 15.8 Å². The SMILES string of the molecule is CNc1nc(C2(OC)CCCC2)nc(C(C)(C)C)c1I. The number of nitrogens with zero attached hydrogens (tertiary/aromatic N) is 2. The zero-order valence-corrected chi connectivity index (χ0v) is 15.2. The van der Waals surface area contributed by atoms with E-state index in [0.29, 0.717) is 0 Å². The molecule has 4 nitrogen and oxygen atoms in total. The molecule has 1 N–H and O–H groups in total. The van der Waals surface area contributed by atoms with E-state index in [1.54, 1.807) is 7.11 Å². The van der Waals surface area contributed by atoms with Gasteiger partial charge in [0.2, 0.25) is 0 Å². The maximum Gasteiger partial charge on any atom is 0.162 e. The van der Waals surface area contributed by atoms with Crippen LogP contribution in [0.1, 0.15) is 58.0 Å². The Morgan fingerprint density at radius 3 is 2.25 bits per heavy atom. The van der Waals surface area contributed by atoms with E-state index in [-0.39, 0.29) is 11.0 Å². The minimum absolute atomic E-state index is 0.00660. The van der Waals surface area contributed by atoms with Crippen molar-refractivity contribution in [3.63, 3.8) is 0 Å². The summed E-state index contributed by atoms with van der Waals surface area (Å²) >= 11 is 2.33. The Morgan fingerprint density at radius 1 is 1.20 bits per heavy atom. The highest BCUT2D eigenvalue weighted by atomic mass is 127. The summed E-state index contributed by atoms with van der Waals surface area (Å²) in [5.41, 5.74) is 0.791. The molecule has 20 heavy (non-hydrogen) atoms. The Balaban J connectivity index is 2.60. The smallest absolute Gasteiger partial charge is 0.162 e. The topological polar surface area (TPSA) is 47.0 Å². The molecule has 0 aromatic carbocycles. The van der Waals surface area contributed by atoms with Crippen molar-refractivity contribution < 1.29 is 4.74 Å². The first kappa shape index (κ1) is 15.9. The normalized spacial score (nSPS) is 18.3. The van der Waals surface area contributed by atoms with Crippen LogP contribution in [0.4, 0.5) is 5.82 Å².